The molecule has 2 amide bonds. The summed E-state index contributed by atoms with van der Waals surface area (Å²) in [5.74, 6) is -0.757. The van der Waals surface area contributed by atoms with Crippen molar-refractivity contribution in [3.05, 3.63) is 70.4 Å². The molecule has 0 aromatic heterocycles. The summed E-state index contributed by atoms with van der Waals surface area (Å²) in [6.07, 6.45) is 1.81. The molecule has 138 valence electrons. The Balaban J connectivity index is 1.59. The first kappa shape index (κ1) is 19.3. The van der Waals surface area contributed by atoms with Gasteiger partial charge in [-0.05, 0) is 42.8 Å². The van der Waals surface area contributed by atoms with E-state index in [-0.39, 0.29) is 30.6 Å². The highest BCUT2D eigenvalue weighted by molar-refractivity contribution is 8.26. The second kappa shape index (κ2) is 8.45. The SMILES string of the molecule is Cc1ccc(NC(=O)CCN2C(=O)/C(=C/c3ccc(F)cc3)SC2=S)cc1. The number of thioether (sulfide) groups is 1. The Hall–Kier alpha value is -2.51. The van der Waals surface area contributed by atoms with Crippen LogP contribution in [-0.2, 0) is 9.59 Å². The van der Waals surface area contributed by atoms with Crippen LogP contribution in [0.3, 0.4) is 0 Å². The molecule has 0 spiro atoms. The minimum atomic E-state index is -0.334. The van der Waals surface area contributed by atoms with E-state index in [4.69, 9.17) is 12.2 Å². The number of thiocarbonyl (C=S) groups is 1. The van der Waals surface area contributed by atoms with Crippen molar-refractivity contribution in [2.24, 2.45) is 0 Å². The van der Waals surface area contributed by atoms with Gasteiger partial charge in [-0.15, -0.1) is 0 Å². The van der Waals surface area contributed by atoms with Gasteiger partial charge in [-0.25, -0.2) is 4.39 Å². The van der Waals surface area contributed by atoms with Crippen LogP contribution in [0.1, 0.15) is 17.5 Å². The zero-order chi connectivity index (χ0) is 19.4. The molecule has 0 bridgehead atoms. The molecular formula is C20H17FN2O2S2. The summed E-state index contributed by atoms with van der Waals surface area (Å²) in [7, 11) is 0. The lowest BCUT2D eigenvalue weighted by Crippen LogP contribution is -2.31. The summed E-state index contributed by atoms with van der Waals surface area (Å²) in [4.78, 5) is 26.5. The maximum atomic E-state index is 13.0. The molecule has 1 fully saturated rings. The molecule has 1 saturated heterocycles. The molecule has 3 rings (SSSR count). The van der Waals surface area contributed by atoms with Crippen LogP contribution in [0.4, 0.5) is 10.1 Å². The Morgan fingerprint density at radius 1 is 1.19 bits per heavy atom. The number of aryl methyl sites for hydroxylation is 1. The van der Waals surface area contributed by atoms with E-state index in [0.717, 1.165) is 5.56 Å². The summed E-state index contributed by atoms with van der Waals surface area (Å²) >= 11 is 6.44. The number of hydrogen-bond acceptors (Lipinski definition) is 4. The molecule has 1 N–H and O–H groups in total. The molecule has 0 radical (unpaired) electrons. The van der Waals surface area contributed by atoms with Gasteiger partial charge < -0.3 is 5.32 Å². The Morgan fingerprint density at radius 2 is 1.85 bits per heavy atom. The molecular weight excluding hydrogens is 383 g/mol. The molecule has 2 aromatic rings. The Bertz CT molecular complexity index is 909. The van der Waals surface area contributed by atoms with Crippen LogP contribution in [-0.4, -0.2) is 27.6 Å². The van der Waals surface area contributed by atoms with E-state index >= 15 is 0 Å². The van der Waals surface area contributed by atoms with Gasteiger partial charge >= 0.3 is 0 Å². The number of rotatable bonds is 5. The molecule has 0 atom stereocenters. The molecule has 2 aromatic carbocycles. The van der Waals surface area contributed by atoms with Crippen molar-refractivity contribution in [3.8, 4) is 0 Å². The summed E-state index contributed by atoms with van der Waals surface area (Å²) in [6, 6.07) is 13.4. The van der Waals surface area contributed by atoms with E-state index in [0.29, 0.717) is 20.5 Å². The lowest BCUT2D eigenvalue weighted by atomic mass is 10.2. The van der Waals surface area contributed by atoms with Gasteiger partial charge in [0.2, 0.25) is 5.91 Å². The van der Waals surface area contributed by atoms with Crippen molar-refractivity contribution >= 4 is 51.9 Å². The van der Waals surface area contributed by atoms with Gasteiger partial charge in [0.25, 0.3) is 5.91 Å². The molecule has 1 heterocycles. The average Bonchev–Trinajstić information content (AvgIpc) is 2.90. The van der Waals surface area contributed by atoms with Gasteiger partial charge in [0.1, 0.15) is 10.1 Å². The number of hydrogen-bond donors (Lipinski definition) is 1. The van der Waals surface area contributed by atoms with Gasteiger partial charge in [0.15, 0.2) is 0 Å². The first-order valence-corrected chi connectivity index (χ1v) is 9.52. The Labute approximate surface area is 166 Å². The predicted octanol–water partition coefficient (Wildman–Crippen LogP) is 4.36. The third-order valence-electron chi connectivity index (χ3n) is 3.94. The van der Waals surface area contributed by atoms with E-state index in [1.807, 2.05) is 31.2 Å². The molecule has 4 nitrogen and oxygen atoms in total. The van der Waals surface area contributed by atoms with E-state index < -0.39 is 0 Å². The van der Waals surface area contributed by atoms with Gasteiger partial charge in [-0.1, -0.05) is 53.8 Å². The highest BCUT2D eigenvalue weighted by atomic mass is 32.2. The monoisotopic (exact) mass is 400 g/mol. The molecule has 7 heteroatoms. The number of nitrogens with zero attached hydrogens (tertiary/aromatic N) is 1. The second-order valence-electron chi connectivity index (χ2n) is 6.05. The fourth-order valence-corrected chi connectivity index (χ4v) is 3.79. The number of nitrogens with one attached hydrogen (secondary N) is 1. The number of amides is 2. The largest absolute Gasteiger partial charge is 0.326 e. The van der Waals surface area contributed by atoms with Crippen molar-refractivity contribution in [2.45, 2.75) is 13.3 Å². The summed E-state index contributed by atoms with van der Waals surface area (Å²) < 4.78 is 13.4. The predicted molar refractivity (Wildman–Crippen MR) is 111 cm³/mol. The summed E-state index contributed by atoms with van der Waals surface area (Å²) in [6.45, 7) is 2.18. The normalized spacial score (nSPS) is 15.5. The highest BCUT2D eigenvalue weighted by Crippen LogP contribution is 2.32. The van der Waals surface area contributed by atoms with Crippen molar-refractivity contribution in [3.63, 3.8) is 0 Å². The number of carbonyl (C=O) groups is 2. The summed E-state index contributed by atoms with van der Waals surface area (Å²) in [5, 5.41) is 2.80. The van der Waals surface area contributed by atoms with E-state index in [1.165, 1.54) is 28.8 Å². The first-order chi connectivity index (χ1) is 12.9. The zero-order valence-electron chi connectivity index (χ0n) is 14.6. The van der Waals surface area contributed by atoms with Crippen LogP contribution in [0.5, 0.6) is 0 Å². The lowest BCUT2D eigenvalue weighted by molar-refractivity contribution is -0.122. The van der Waals surface area contributed by atoms with Crippen molar-refractivity contribution in [1.82, 2.24) is 4.90 Å². The van der Waals surface area contributed by atoms with E-state index in [2.05, 4.69) is 5.32 Å². The first-order valence-electron chi connectivity index (χ1n) is 8.30. The topological polar surface area (TPSA) is 49.4 Å². The molecule has 1 aliphatic rings. The summed E-state index contributed by atoms with van der Waals surface area (Å²) in [5.41, 5.74) is 2.54. The fourth-order valence-electron chi connectivity index (χ4n) is 2.48. The van der Waals surface area contributed by atoms with Crippen LogP contribution in [0.15, 0.2) is 53.4 Å². The highest BCUT2D eigenvalue weighted by Gasteiger charge is 2.32. The van der Waals surface area contributed by atoms with Gasteiger partial charge in [-0.2, -0.15) is 0 Å². The smallest absolute Gasteiger partial charge is 0.266 e. The van der Waals surface area contributed by atoms with E-state index in [9.17, 15) is 14.0 Å². The van der Waals surface area contributed by atoms with Crippen LogP contribution in [0, 0.1) is 12.7 Å². The molecule has 0 unspecified atom stereocenters. The number of halogens is 1. The third-order valence-corrected chi connectivity index (χ3v) is 5.32. The molecule has 0 saturated carbocycles. The lowest BCUT2D eigenvalue weighted by Gasteiger charge is -2.14. The standard InChI is InChI=1S/C20H17FN2O2S2/c1-13-2-8-16(9-3-13)22-18(24)10-11-23-19(25)17(27-20(23)26)12-14-4-6-15(21)7-5-14/h2-9,12H,10-11H2,1H3,(H,22,24)/b17-12-. The maximum absolute atomic E-state index is 13.0. The van der Waals surface area contributed by atoms with Crippen LogP contribution < -0.4 is 5.32 Å². The minimum absolute atomic E-state index is 0.143. The fraction of sp³-hybridized carbons (Fsp3) is 0.150. The van der Waals surface area contributed by atoms with Crippen LogP contribution >= 0.6 is 24.0 Å². The quantitative estimate of drug-likeness (QED) is 0.598. The van der Waals surface area contributed by atoms with Gasteiger partial charge in [0.05, 0.1) is 4.91 Å². The van der Waals surface area contributed by atoms with E-state index in [1.54, 1.807) is 18.2 Å². The van der Waals surface area contributed by atoms with Gasteiger partial charge in [-0.3, -0.25) is 14.5 Å². The van der Waals surface area contributed by atoms with Crippen LogP contribution in [0.25, 0.3) is 6.08 Å². The van der Waals surface area contributed by atoms with Crippen molar-refractivity contribution in [2.75, 3.05) is 11.9 Å². The number of benzene rings is 2. The third kappa shape index (κ3) is 5.02. The van der Waals surface area contributed by atoms with Gasteiger partial charge in [0, 0.05) is 18.7 Å². The second-order valence-corrected chi connectivity index (χ2v) is 7.72. The number of anilines is 1. The minimum Gasteiger partial charge on any atom is -0.326 e. The number of carbonyl (C=O) groups excluding carboxylic acids is 2. The zero-order valence-corrected chi connectivity index (χ0v) is 16.2. The van der Waals surface area contributed by atoms with Crippen molar-refractivity contribution < 1.29 is 14.0 Å². The average molecular weight is 401 g/mol. The Kier molecular flexibility index (Phi) is 6.03. The molecule has 0 aliphatic carbocycles. The molecule has 1 aliphatic heterocycles. The Morgan fingerprint density at radius 3 is 2.52 bits per heavy atom. The molecule has 27 heavy (non-hydrogen) atoms. The maximum Gasteiger partial charge on any atom is 0.266 e. The van der Waals surface area contributed by atoms with Crippen LogP contribution in [0.2, 0.25) is 0 Å². The van der Waals surface area contributed by atoms with Crippen molar-refractivity contribution in [1.29, 1.82) is 0 Å².